The van der Waals surface area contributed by atoms with Crippen LogP contribution in [0, 0.1) is 0 Å². The van der Waals surface area contributed by atoms with Crippen LogP contribution in [0.15, 0.2) is 29.4 Å². The van der Waals surface area contributed by atoms with Gasteiger partial charge in [-0.2, -0.15) is 5.10 Å². The van der Waals surface area contributed by atoms with Crippen LogP contribution in [0.25, 0.3) is 0 Å². The highest BCUT2D eigenvalue weighted by molar-refractivity contribution is 7.89. The molecule has 0 aliphatic rings. The maximum atomic E-state index is 12.2. The highest BCUT2D eigenvalue weighted by Gasteiger charge is 2.19. The van der Waals surface area contributed by atoms with E-state index in [4.69, 9.17) is 29.6 Å². The zero-order chi connectivity index (χ0) is 15.6. The van der Waals surface area contributed by atoms with Gasteiger partial charge < -0.3 is 5.73 Å². The molecule has 0 saturated carbocycles. The third-order valence-electron chi connectivity index (χ3n) is 2.57. The van der Waals surface area contributed by atoms with Crippen LogP contribution in [0.2, 0.25) is 5.02 Å². The molecule has 112 valence electrons. The minimum Gasteiger partial charge on any atom is -0.389 e. The predicted octanol–water partition coefficient (Wildman–Crippen LogP) is 0.581. The fraction of sp³-hybridized carbons (Fsp3) is 0.182. The number of hydrogen-bond donors (Lipinski definition) is 2. The lowest BCUT2D eigenvalue weighted by Crippen LogP contribution is -2.24. The number of benzene rings is 1. The van der Waals surface area contributed by atoms with Gasteiger partial charge in [0, 0.05) is 12.6 Å². The lowest BCUT2D eigenvalue weighted by Gasteiger charge is -2.08. The first kappa shape index (κ1) is 15.8. The van der Waals surface area contributed by atoms with E-state index in [1.165, 1.54) is 29.2 Å². The Kier molecular flexibility index (Phi) is 4.57. The maximum Gasteiger partial charge on any atom is 0.242 e. The minimum atomic E-state index is -3.78. The molecule has 2 aromatic rings. The predicted molar refractivity (Wildman–Crippen MR) is 82.4 cm³/mol. The van der Waals surface area contributed by atoms with E-state index in [0.717, 1.165) is 0 Å². The Balaban J connectivity index is 2.21. The van der Waals surface area contributed by atoms with E-state index >= 15 is 0 Å². The molecule has 0 radical (unpaired) electrons. The van der Waals surface area contributed by atoms with Crippen LogP contribution in [-0.2, 0) is 23.6 Å². The largest absolute Gasteiger partial charge is 0.389 e. The highest BCUT2D eigenvalue weighted by atomic mass is 35.5. The summed E-state index contributed by atoms with van der Waals surface area (Å²) in [4.78, 5) is 4.02. The number of nitrogens with one attached hydrogen (secondary N) is 1. The fourth-order valence-electron chi connectivity index (χ4n) is 1.57. The van der Waals surface area contributed by atoms with Gasteiger partial charge in [-0.05, 0) is 12.1 Å². The van der Waals surface area contributed by atoms with Gasteiger partial charge >= 0.3 is 0 Å². The van der Waals surface area contributed by atoms with E-state index in [2.05, 4.69) is 14.8 Å². The number of hydrogen-bond acceptors (Lipinski definition) is 5. The van der Waals surface area contributed by atoms with Crippen LogP contribution in [0.3, 0.4) is 0 Å². The number of halogens is 1. The SMILES string of the molecule is Cn1cnc(CNS(=O)(=O)c2ccc(C(N)=S)cc2Cl)n1. The van der Waals surface area contributed by atoms with Crippen molar-refractivity contribution in [2.75, 3.05) is 0 Å². The third-order valence-corrected chi connectivity index (χ3v) is 4.69. The summed E-state index contributed by atoms with van der Waals surface area (Å²) in [5.41, 5.74) is 5.97. The lowest BCUT2D eigenvalue weighted by molar-refractivity contribution is 0.578. The van der Waals surface area contributed by atoms with Crippen molar-refractivity contribution in [3.05, 3.63) is 40.9 Å². The normalized spacial score (nSPS) is 11.5. The van der Waals surface area contributed by atoms with E-state index in [1.54, 1.807) is 7.05 Å². The molecule has 0 atom stereocenters. The Morgan fingerprint density at radius 2 is 2.24 bits per heavy atom. The third kappa shape index (κ3) is 3.76. The summed E-state index contributed by atoms with van der Waals surface area (Å²) in [6.45, 7) is -0.0312. The Labute approximate surface area is 132 Å². The summed E-state index contributed by atoms with van der Waals surface area (Å²) in [6.07, 6.45) is 1.48. The molecule has 1 aromatic carbocycles. The molecule has 0 aliphatic carbocycles. The van der Waals surface area contributed by atoms with Crippen molar-refractivity contribution in [2.24, 2.45) is 12.8 Å². The number of sulfonamides is 1. The van der Waals surface area contributed by atoms with Gasteiger partial charge in [-0.1, -0.05) is 29.9 Å². The zero-order valence-corrected chi connectivity index (χ0v) is 13.3. The highest BCUT2D eigenvalue weighted by Crippen LogP contribution is 2.22. The van der Waals surface area contributed by atoms with E-state index in [-0.39, 0.29) is 21.5 Å². The Morgan fingerprint density at radius 1 is 1.52 bits per heavy atom. The van der Waals surface area contributed by atoms with Gasteiger partial charge in [-0.3, -0.25) is 4.68 Å². The monoisotopic (exact) mass is 345 g/mol. The van der Waals surface area contributed by atoms with E-state index in [9.17, 15) is 8.42 Å². The number of rotatable bonds is 5. The van der Waals surface area contributed by atoms with Crippen LogP contribution in [-0.4, -0.2) is 28.2 Å². The Bertz CT molecular complexity index is 788. The molecule has 21 heavy (non-hydrogen) atoms. The summed E-state index contributed by atoms with van der Waals surface area (Å²) in [6, 6.07) is 4.27. The Hall–Kier alpha value is -1.55. The fourth-order valence-corrected chi connectivity index (χ4v) is 3.22. The van der Waals surface area contributed by atoms with Gasteiger partial charge in [0.1, 0.15) is 16.2 Å². The molecule has 0 unspecified atom stereocenters. The second-order valence-electron chi connectivity index (χ2n) is 4.17. The number of aryl methyl sites for hydroxylation is 1. The van der Waals surface area contributed by atoms with Crippen molar-refractivity contribution >= 4 is 38.8 Å². The average Bonchev–Trinajstić information content (AvgIpc) is 2.82. The lowest BCUT2D eigenvalue weighted by atomic mass is 10.2. The number of nitrogens with zero attached hydrogens (tertiary/aromatic N) is 3. The van der Waals surface area contributed by atoms with Crippen LogP contribution in [0.1, 0.15) is 11.4 Å². The van der Waals surface area contributed by atoms with Crippen LogP contribution < -0.4 is 10.5 Å². The average molecular weight is 346 g/mol. The molecule has 0 amide bonds. The van der Waals surface area contributed by atoms with Gasteiger partial charge in [-0.25, -0.2) is 18.1 Å². The van der Waals surface area contributed by atoms with Crippen molar-refractivity contribution in [3.63, 3.8) is 0 Å². The van der Waals surface area contributed by atoms with Crippen molar-refractivity contribution in [1.82, 2.24) is 19.5 Å². The van der Waals surface area contributed by atoms with Crippen molar-refractivity contribution in [1.29, 1.82) is 0 Å². The van der Waals surface area contributed by atoms with Crippen molar-refractivity contribution < 1.29 is 8.42 Å². The zero-order valence-electron chi connectivity index (χ0n) is 10.9. The molecule has 10 heteroatoms. The molecular formula is C11H12ClN5O2S2. The molecule has 1 heterocycles. The molecule has 0 fully saturated rings. The Morgan fingerprint density at radius 3 is 2.76 bits per heavy atom. The van der Waals surface area contributed by atoms with Crippen LogP contribution >= 0.6 is 23.8 Å². The number of nitrogens with two attached hydrogens (primary N) is 1. The summed E-state index contributed by atoms with van der Waals surface area (Å²) in [5, 5.41) is 4.02. The molecule has 0 spiro atoms. The van der Waals surface area contributed by atoms with Crippen molar-refractivity contribution in [3.8, 4) is 0 Å². The van der Waals surface area contributed by atoms with Crippen LogP contribution in [0.5, 0.6) is 0 Å². The molecular weight excluding hydrogens is 334 g/mol. The van der Waals surface area contributed by atoms with Gasteiger partial charge in [0.05, 0.1) is 11.6 Å². The molecule has 3 N–H and O–H groups in total. The molecule has 0 saturated heterocycles. The van der Waals surface area contributed by atoms with Gasteiger partial charge in [0.2, 0.25) is 10.0 Å². The van der Waals surface area contributed by atoms with E-state index < -0.39 is 10.0 Å². The number of thiocarbonyl (C=S) groups is 1. The van der Waals surface area contributed by atoms with E-state index in [1.807, 2.05) is 0 Å². The number of aromatic nitrogens is 3. The smallest absolute Gasteiger partial charge is 0.242 e. The summed E-state index contributed by atoms with van der Waals surface area (Å²) in [5.74, 6) is 0.358. The molecule has 1 aromatic heterocycles. The first-order chi connectivity index (χ1) is 9.79. The standard InChI is InChI=1S/C11H12ClN5O2S2/c1-17-6-14-10(16-17)5-15-21(18,19)9-3-2-7(11(13)20)4-8(9)12/h2-4,6,15H,5H2,1H3,(H2,13,20). The van der Waals surface area contributed by atoms with E-state index in [0.29, 0.717) is 11.4 Å². The molecule has 0 bridgehead atoms. The minimum absolute atomic E-state index is 0.0312. The summed E-state index contributed by atoms with van der Waals surface area (Å²) in [7, 11) is -2.09. The summed E-state index contributed by atoms with van der Waals surface area (Å²) >= 11 is 10.8. The maximum absolute atomic E-state index is 12.2. The first-order valence-electron chi connectivity index (χ1n) is 5.73. The quantitative estimate of drug-likeness (QED) is 0.768. The molecule has 2 rings (SSSR count). The van der Waals surface area contributed by atoms with Gasteiger partial charge in [0.25, 0.3) is 0 Å². The van der Waals surface area contributed by atoms with Gasteiger partial charge in [-0.15, -0.1) is 0 Å². The van der Waals surface area contributed by atoms with Crippen LogP contribution in [0.4, 0.5) is 0 Å². The molecule has 7 nitrogen and oxygen atoms in total. The second-order valence-corrected chi connectivity index (χ2v) is 6.75. The van der Waals surface area contributed by atoms with Gasteiger partial charge in [0.15, 0.2) is 5.82 Å². The second kappa shape index (κ2) is 6.06. The first-order valence-corrected chi connectivity index (χ1v) is 8.00. The molecule has 0 aliphatic heterocycles. The topological polar surface area (TPSA) is 103 Å². The van der Waals surface area contributed by atoms with Crippen molar-refractivity contribution in [2.45, 2.75) is 11.4 Å². The summed E-state index contributed by atoms with van der Waals surface area (Å²) < 4.78 is 28.2.